The molecule has 122 valence electrons. The summed E-state index contributed by atoms with van der Waals surface area (Å²) in [7, 11) is 0. The molecule has 2 aliphatic rings. The Labute approximate surface area is 130 Å². The molecule has 0 aliphatic heterocycles. The first-order valence-corrected chi connectivity index (χ1v) is 8.90. The van der Waals surface area contributed by atoms with E-state index in [0.29, 0.717) is 17.9 Å². The predicted octanol–water partition coefficient (Wildman–Crippen LogP) is 4.17. The van der Waals surface area contributed by atoms with Gasteiger partial charge in [0.2, 0.25) is 0 Å². The normalized spacial score (nSPS) is 31.2. The molecule has 0 amide bonds. The van der Waals surface area contributed by atoms with Crippen molar-refractivity contribution in [3.05, 3.63) is 0 Å². The summed E-state index contributed by atoms with van der Waals surface area (Å²) in [6, 6.07) is 0.628. The molecule has 1 N–H and O–H groups in total. The first-order chi connectivity index (χ1) is 9.93. The molecular formula is C18H33NO2. The first-order valence-electron chi connectivity index (χ1n) is 8.90. The summed E-state index contributed by atoms with van der Waals surface area (Å²) in [5.41, 5.74) is -0.482. The fraction of sp³-hybridized carbons (Fsp3) is 0.944. The lowest BCUT2D eigenvalue weighted by molar-refractivity contribution is -0.153. The maximum absolute atomic E-state index is 12.0. The van der Waals surface area contributed by atoms with Crippen molar-refractivity contribution in [2.75, 3.05) is 13.1 Å². The molecule has 0 spiro atoms. The third kappa shape index (κ3) is 4.21. The SMILES string of the molecule is CC(C)CN(CC1(C(=O)O)CCC(C)CC1)C1CCCC1. The monoisotopic (exact) mass is 295 g/mol. The maximum Gasteiger partial charge on any atom is 0.310 e. The van der Waals surface area contributed by atoms with Crippen molar-refractivity contribution in [2.24, 2.45) is 17.3 Å². The van der Waals surface area contributed by atoms with E-state index in [1.807, 2.05) is 0 Å². The third-order valence-corrected chi connectivity index (χ3v) is 5.63. The number of hydrogen-bond acceptors (Lipinski definition) is 2. The topological polar surface area (TPSA) is 40.5 Å². The summed E-state index contributed by atoms with van der Waals surface area (Å²) in [6.07, 6.45) is 9.04. The van der Waals surface area contributed by atoms with Gasteiger partial charge in [-0.25, -0.2) is 0 Å². The summed E-state index contributed by atoms with van der Waals surface area (Å²) in [4.78, 5) is 14.5. The molecular weight excluding hydrogens is 262 g/mol. The van der Waals surface area contributed by atoms with Gasteiger partial charge in [0.25, 0.3) is 0 Å². The highest BCUT2D eigenvalue weighted by Crippen LogP contribution is 2.41. The molecule has 0 saturated heterocycles. The van der Waals surface area contributed by atoms with Gasteiger partial charge in [0.1, 0.15) is 0 Å². The molecule has 0 atom stereocenters. The second kappa shape index (κ2) is 7.13. The molecule has 21 heavy (non-hydrogen) atoms. The predicted molar refractivity (Wildman–Crippen MR) is 86.4 cm³/mol. The molecule has 2 fully saturated rings. The van der Waals surface area contributed by atoms with Crippen LogP contribution in [0.25, 0.3) is 0 Å². The Hall–Kier alpha value is -0.570. The second-order valence-electron chi connectivity index (χ2n) is 8.03. The van der Waals surface area contributed by atoms with Gasteiger partial charge in [-0.05, 0) is 50.4 Å². The number of carboxylic acid groups (broad SMARTS) is 1. The van der Waals surface area contributed by atoms with Crippen LogP contribution in [0.15, 0.2) is 0 Å². The average molecular weight is 295 g/mol. The summed E-state index contributed by atoms with van der Waals surface area (Å²) in [6.45, 7) is 8.58. The van der Waals surface area contributed by atoms with Crippen molar-refractivity contribution in [3.8, 4) is 0 Å². The van der Waals surface area contributed by atoms with E-state index in [2.05, 4.69) is 25.7 Å². The van der Waals surface area contributed by atoms with Crippen molar-refractivity contribution in [3.63, 3.8) is 0 Å². The van der Waals surface area contributed by atoms with E-state index in [1.165, 1.54) is 25.7 Å². The van der Waals surface area contributed by atoms with Crippen molar-refractivity contribution < 1.29 is 9.90 Å². The second-order valence-corrected chi connectivity index (χ2v) is 8.03. The van der Waals surface area contributed by atoms with Crippen LogP contribution in [0.3, 0.4) is 0 Å². The number of carbonyl (C=O) groups is 1. The van der Waals surface area contributed by atoms with Gasteiger partial charge in [-0.2, -0.15) is 0 Å². The van der Waals surface area contributed by atoms with Crippen LogP contribution in [-0.4, -0.2) is 35.1 Å². The molecule has 0 aromatic heterocycles. The van der Waals surface area contributed by atoms with Crippen molar-refractivity contribution >= 4 is 5.97 Å². The van der Waals surface area contributed by atoms with E-state index in [1.54, 1.807) is 0 Å². The van der Waals surface area contributed by atoms with Crippen LogP contribution in [-0.2, 0) is 4.79 Å². The number of aliphatic carboxylic acids is 1. The van der Waals surface area contributed by atoms with Crippen LogP contribution in [0.2, 0.25) is 0 Å². The Bertz CT molecular complexity index is 339. The lowest BCUT2D eigenvalue weighted by Gasteiger charge is -2.42. The van der Waals surface area contributed by atoms with E-state index < -0.39 is 11.4 Å². The minimum Gasteiger partial charge on any atom is -0.481 e. The summed E-state index contributed by atoms with van der Waals surface area (Å²) >= 11 is 0. The van der Waals surface area contributed by atoms with E-state index in [9.17, 15) is 9.90 Å². The van der Waals surface area contributed by atoms with Crippen LogP contribution < -0.4 is 0 Å². The van der Waals surface area contributed by atoms with Gasteiger partial charge < -0.3 is 5.11 Å². The fourth-order valence-electron chi connectivity index (χ4n) is 4.22. The van der Waals surface area contributed by atoms with Gasteiger partial charge in [0.05, 0.1) is 5.41 Å². The van der Waals surface area contributed by atoms with Crippen molar-refractivity contribution in [2.45, 2.75) is 78.2 Å². The highest BCUT2D eigenvalue weighted by atomic mass is 16.4. The minimum atomic E-state index is -0.554. The smallest absolute Gasteiger partial charge is 0.310 e. The number of hydrogen-bond donors (Lipinski definition) is 1. The van der Waals surface area contributed by atoms with Gasteiger partial charge >= 0.3 is 5.97 Å². The van der Waals surface area contributed by atoms with E-state index in [0.717, 1.165) is 38.8 Å². The molecule has 0 heterocycles. The first kappa shape index (κ1) is 16.8. The lowest BCUT2D eigenvalue weighted by atomic mass is 9.70. The molecule has 0 radical (unpaired) electrons. The molecule has 0 aromatic carbocycles. The summed E-state index contributed by atoms with van der Waals surface area (Å²) < 4.78 is 0. The van der Waals surface area contributed by atoms with Gasteiger partial charge in [-0.3, -0.25) is 9.69 Å². The van der Waals surface area contributed by atoms with E-state index in [-0.39, 0.29) is 0 Å². The lowest BCUT2D eigenvalue weighted by Crippen LogP contribution is -2.49. The molecule has 0 unspecified atom stereocenters. The number of carboxylic acids is 1. The summed E-state index contributed by atoms with van der Waals surface area (Å²) in [5, 5.41) is 9.87. The average Bonchev–Trinajstić information content (AvgIpc) is 2.94. The van der Waals surface area contributed by atoms with E-state index >= 15 is 0 Å². The Morgan fingerprint density at radius 2 is 1.76 bits per heavy atom. The zero-order chi connectivity index (χ0) is 15.5. The zero-order valence-corrected chi connectivity index (χ0v) is 14.1. The van der Waals surface area contributed by atoms with E-state index in [4.69, 9.17) is 0 Å². The van der Waals surface area contributed by atoms with Gasteiger partial charge in [0.15, 0.2) is 0 Å². The maximum atomic E-state index is 12.0. The van der Waals surface area contributed by atoms with Crippen molar-refractivity contribution in [1.82, 2.24) is 4.90 Å². The Balaban J connectivity index is 2.09. The van der Waals surface area contributed by atoms with Crippen LogP contribution in [0.1, 0.15) is 72.1 Å². The van der Waals surface area contributed by atoms with Gasteiger partial charge in [-0.1, -0.05) is 33.6 Å². The number of rotatable bonds is 6. The standard InChI is InChI=1S/C18H33NO2/c1-14(2)12-19(16-6-4-5-7-16)13-18(17(20)21)10-8-15(3)9-11-18/h14-16H,4-13H2,1-3H3,(H,20,21). The molecule has 2 saturated carbocycles. The molecule has 2 aliphatic carbocycles. The quantitative estimate of drug-likeness (QED) is 0.799. The number of nitrogens with zero attached hydrogens (tertiary/aromatic N) is 1. The molecule has 2 rings (SSSR count). The molecule has 0 aromatic rings. The highest BCUT2D eigenvalue weighted by molar-refractivity contribution is 5.75. The van der Waals surface area contributed by atoms with Gasteiger partial charge in [0, 0.05) is 19.1 Å². The molecule has 3 nitrogen and oxygen atoms in total. The molecule has 3 heteroatoms. The zero-order valence-electron chi connectivity index (χ0n) is 14.1. The van der Waals surface area contributed by atoms with Crippen LogP contribution >= 0.6 is 0 Å². The van der Waals surface area contributed by atoms with Gasteiger partial charge in [-0.15, -0.1) is 0 Å². The molecule has 0 bridgehead atoms. The minimum absolute atomic E-state index is 0.482. The van der Waals surface area contributed by atoms with Crippen molar-refractivity contribution in [1.29, 1.82) is 0 Å². The van der Waals surface area contributed by atoms with Crippen LogP contribution in [0.5, 0.6) is 0 Å². The highest BCUT2D eigenvalue weighted by Gasteiger charge is 2.43. The van der Waals surface area contributed by atoms with Crippen LogP contribution in [0, 0.1) is 17.3 Å². The Kier molecular flexibility index (Phi) is 5.70. The third-order valence-electron chi connectivity index (χ3n) is 5.63. The Morgan fingerprint density at radius 1 is 1.19 bits per heavy atom. The fourth-order valence-corrected chi connectivity index (χ4v) is 4.22. The van der Waals surface area contributed by atoms with Crippen LogP contribution in [0.4, 0.5) is 0 Å². The largest absolute Gasteiger partial charge is 0.481 e. The Morgan fingerprint density at radius 3 is 2.24 bits per heavy atom. The summed E-state index contributed by atoms with van der Waals surface area (Å²) in [5.74, 6) is 0.752.